The molecule has 19 heavy (non-hydrogen) atoms. The van der Waals surface area contributed by atoms with Crippen LogP contribution in [0, 0.1) is 6.92 Å². The van der Waals surface area contributed by atoms with Crippen molar-refractivity contribution in [2.45, 2.75) is 39.8 Å². The van der Waals surface area contributed by atoms with Gasteiger partial charge in [0, 0.05) is 25.1 Å². The second-order valence-electron chi connectivity index (χ2n) is 4.91. The maximum absolute atomic E-state index is 11.6. The van der Waals surface area contributed by atoms with E-state index < -0.39 is 0 Å². The van der Waals surface area contributed by atoms with E-state index >= 15 is 0 Å². The second-order valence-corrected chi connectivity index (χ2v) is 4.91. The summed E-state index contributed by atoms with van der Waals surface area (Å²) >= 11 is 0. The van der Waals surface area contributed by atoms with Crippen LogP contribution < -0.4 is 15.4 Å². The molecule has 0 saturated heterocycles. The Labute approximate surface area is 115 Å². The van der Waals surface area contributed by atoms with E-state index in [-0.39, 0.29) is 12.0 Å². The molecule has 0 radical (unpaired) electrons. The number of aryl methyl sites for hydroxylation is 1. The molecule has 1 aromatic carbocycles. The van der Waals surface area contributed by atoms with Gasteiger partial charge in [0.2, 0.25) is 5.91 Å². The van der Waals surface area contributed by atoms with Gasteiger partial charge in [-0.25, -0.2) is 0 Å². The summed E-state index contributed by atoms with van der Waals surface area (Å²) in [4.78, 5) is 11.6. The van der Waals surface area contributed by atoms with Crippen LogP contribution in [0.4, 0.5) is 0 Å². The first-order chi connectivity index (χ1) is 9.02. The van der Waals surface area contributed by atoms with Crippen LogP contribution in [-0.4, -0.2) is 25.6 Å². The lowest BCUT2D eigenvalue weighted by atomic mass is 10.1. The summed E-state index contributed by atoms with van der Waals surface area (Å²) in [7, 11) is 1.84. The van der Waals surface area contributed by atoms with Crippen molar-refractivity contribution in [3.8, 4) is 5.75 Å². The van der Waals surface area contributed by atoms with Gasteiger partial charge in [-0.2, -0.15) is 0 Å². The van der Waals surface area contributed by atoms with E-state index in [1.54, 1.807) is 0 Å². The highest BCUT2D eigenvalue weighted by Crippen LogP contribution is 2.21. The van der Waals surface area contributed by atoms with Crippen molar-refractivity contribution in [2.75, 3.05) is 13.6 Å². The van der Waals surface area contributed by atoms with Crippen LogP contribution >= 0.6 is 0 Å². The predicted octanol–water partition coefficient (Wildman–Crippen LogP) is 2.01. The molecule has 1 aromatic rings. The van der Waals surface area contributed by atoms with Crippen LogP contribution in [0.2, 0.25) is 0 Å². The van der Waals surface area contributed by atoms with E-state index in [4.69, 9.17) is 4.74 Å². The molecule has 0 heterocycles. The Kier molecular flexibility index (Phi) is 6.36. The Balaban J connectivity index is 2.64. The highest BCUT2D eigenvalue weighted by Gasteiger charge is 2.08. The lowest BCUT2D eigenvalue weighted by Crippen LogP contribution is -2.26. The van der Waals surface area contributed by atoms with Gasteiger partial charge in [0.25, 0.3) is 0 Å². The number of ether oxygens (including phenoxy) is 1. The van der Waals surface area contributed by atoms with Crippen molar-refractivity contribution in [3.05, 3.63) is 29.3 Å². The summed E-state index contributed by atoms with van der Waals surface area (Å²) in [6, 6.07) is 6.04. The fraction of sp³-hybridized carbons (Fsp3) is 0.533. The van der Waals surface area contributed by atoms with Crippen molar-refractivity contribution >= 4 is 5.91 Å². The van der Waals surface area contributed by atoms with Gasteiger partial charge in [-0.1, -0.05) is 12.1 Å². The summed E-state index contributed by atoms with van der Waals surface area (Å²) < 4.78 is 5.78. The topological polar surface area (TPSA) is 50.4 Å². The molecular formula is C15H24N2O2. The Bertz CT molecular complexity index is 417. The van der Waals surface area contributed by atoms with Crippen molar-refractivity contribution in [1.29, 1.82) is 0 Å². The molecule has 1 rings (SSSR count). The fourth-order valence-electron chi connectivity index (χ4n) is 1.69. The highest BCUT2D eigenvalue weighted by atomic mass is 16.5. The van der Waals surface area contributed by atoms with Crippen LogP contribution in [0.15, 0.2) is 18.2 Å². The normalized spacial score (nSPS) is 10.6. The number of carbonyl (C=O) groups excluding carboxylic acids is 1. The number of hydrogen-bond donors (Lipinski definition) is 2. The molecular weight excluding hydrogens is 240 g/mol. The van der Waals surface area contributed by atoms with E-state index in [1.165, 1.54) is 0 Å². The molecule has 0 bridgehead atoms. The standard InChI is InChI=1S/C15H24N2O2/c1-11(2)19-14-9-12(3)5-6-13(14)10-17-15(18)7-8-16-4/h5-6,9,11,16H,7-8,10H2,1-4H3,(H,17,18). The van der Waals surface area contributed by atoms with Crippen LogP contribution in [-0.2, 0) is 11.3 Å². The SMILES string of the molecule is CNCCC(=O)NCc1ccc(C)cc1OC(C)C. The van der Waals surface area contributed by atoms with E-state index in [2.05, 4.69) is 10.6 Å². The average molecular weight is 264 g/mol. The molecule has 0 aliphatic heterocycles. The van der Waals surface area contributed by atoms with E-state index in [9.17, 15) is 4.79 Å². The molecule has 4 heteroatoms. The molecule has 106 valence electrons. The predicted molar refractivity (Wildman–Crippen MR) is 77.3 cm³/mol. The van der Waals surface area contributed by atoms with Crippen molar-refractivity contribution in [1.82, 2.24) is 10.6 Å². The summed E-state index contributed by atoms with van der Waals surface area (Å²) in [6.45, 7) is 7.22. The molecule has 1 amide bonds. The Morgan fingerprint density at radius 3 is 2.74 bits per heavy atom. The van der Waals surface area contributed by atoms with E-state index in [0.29, 0.717) is 19.5 Å². The molecule has 0 aliphatic carbocycles. The van der Waals surface area contributed by atoms with Crippen molar-refractivity contribution < 1.29 is 9.53 Å². The minimum Gasteiger partial charge on any atom is -0.491 e. The lowest BCUT2D eigenvalue weighted by molar-refractivity contribution is -0.121. The van der Waals surface area contributed by atoms with Crippen LogP contribution in [0.1, 0.15) is 31.4 Å². The van der Waals surface area contributed by atoms with Gasteiger partial charge in [-0.3, -0.25) is 4.79 Å². The molecule has 0 atom stereocenters. The zero-order chi connectivity index (χ0) is 14.3. The number of hydrogen-bond acceptors (Lipinski definition) is 3. The van der Waals surface area contributed by atoms with Gasteiger partial charge in [0.05, 0.1) is 6.10 Å². The van der Waals surface area contributed by atoms with Gasteiger partial charge in [-0.05, 0) is 39.4 Å². The van der Waals surface area contributed by atoms with E-state index in [1.807, 2.05) is 46.0 Å². The van der Waals surface area contributed by atoms with Crippen LogP contribution in [0.5, 0.6) is 5.75 Å². The van der Waals surface area contributed by atoms with E-state index in [0.717, 1.165) is 16.9 Å². The Morgan fingerprint density at radius 1 is 1.37 bits per heavy atom. The molecule has 0 unspecified atom stereocenters. The molecule has 2 N–H and O–H groups in total. The zero-order valence-electron chi connectivity index (χ0n) is 12.2. The number of rotatable bonds is 7. The molecule has 0 aromatic heterocycles. The first kappa shape index (κ1) is 15.5. The maximum Gasteiger partial charge on any atom is 0.221 e. The van der Waals surface area contributed by atoms with Gasteiger partial charge in [0.1, 0.15) is 5.75 Å². The largest absolute Gasteiger partial charge is 0.491 e. The minimum atomic E-state index is 0.0467. The molecule has 0 fully saturated rings. The van der Waals surface area contributed by atoms with Crippen molar-refractivity contribution in [3.63, 3.8) is 0 Å². The third-order valence-corrected chi connectivity index (χ3v) is 2.66. The first-order valence-corrected chi connectivity index (χ1v) is 6.70. The number of nitrogens with one attached hydrogen (secondary N) is 2. The zero-order valence-corrected chi connectivity index (χ0v) is 12.2. The van der Waals surface area contributed by atoms with Crippen LogP contribution in [0.25, 0.3) is 0 Å². The smallest absolute Gasteiger partial charge is 0.221 e. The number of carbonyl (C=O) groups is 1. The van der Waals surface area contributed by atoms with Gasteiger partial charge >= 0.3 is 0 Å². The van der Waals surface area contributed by atoms with Crippen LogP contribution in [0.3, 0.4) is 0 Å². The monoisotopic (exact) mass is 264 g/mol. The molecule has 0 saturated carbocycles. The average Bonchev–Trinajstić information content (AvgIpc) is 2.34. The lowest BCUT2D eigenvalue weighted by Gasteiger charge is -2.15. The number of amides is 1. The highest BCUT2D eigenvalue weighted by molar-refractivity contribution is 5.76. The third-order valence-electron chi connectivity index (χ3n) is 2.66. The summed E-state index contributed by atoms with van der Waals surface area (Å²) in [5, 5.41) is 5.86. The third kappa shape index (κ3) is 5.75. The van der Waals surface area contributed by atoms with Gasteiger partial charge < -0.3 is 15.4 Å². The summed E-state index contributed by atoms with van der Waals surface area (Å²) in [6.07, 6.45) is 0.614. The van der Waals surface area contributed by atoms with Gasteiger partial charge in [-0.15, -0.1) is 0 Å². The van der Waals surface area contributed by atoms with Crippen molar-refractivity contribution in [2.24, 2.45) is 0 Å². The minimum absolute atomic E-state index is 0.0467. The summed E-state index contributed by atoms with van der Waals surface area (Å²) in [5.41, 5.74) is 2.16. The Hall–Kier alpha value is -1.55. The molecule has 0 aliphatic rings. The maximum atomic E-state index is 11.6. The van der Waals surface area contributed by atoms with Gasteiger partial charge in [0.15, 0.2) is 0 Å². The number of benzene rings is 1. The summed E-state index contributed by atoms with van der Waals surface area (Å²) in [5.74, 6) is 0.898. The first-order valence-electron chi connectivity index (χ1n) is 6.70. The Morgan fingerprint density at radius 2 is 2.11 bits per heavy atom. The molecule has 0 spiro atoms. The fourth-order valence-corrected chi connectivity index (χ4v) is 1.69. The second kappa shape index (κ2) is 7.79. The molecule has 4 nitrogen and oxygen atoms in total. The quantitative estimate of drug-likeness (QED) is 0.792.